The Kier molecular flexibility index (Phi) is 3.57. The van der Waals surface area contributed by atoms with Crippen LogP contribution in [0.2, 0.25) is 0 Å². The summed E-state index contributed by atoms with van der Waals surface area (Å²) >= 11 is 0. The maximum atomic E-state index is 11.7. The highest BCUT2D eigenvalue weighted by molar-refractivity contribution is 5.80. The van der Waals surface area contributed by atoms with E-state index in [-0.39, 0.29) is 5.78 Å². The number of benzene rings is 1. The molecule has 0 amide bonds. The molecule has 0 saturated carbocycles. The molecular weight excluding hydrogens is 232 g/mol. The van der Waals surface area contributed by atoms with Gasteiger partial charge in [-0.05, 0) is 25.1 Å². The first-order valence-electron chi connectivity index (χ1n) is 5.97. The smallest absolute Gasteiger partial charge is 0.138 e. The van der Waals surface area contributed by atoms with Gasteiger partial charge in [-0.3, -0.25) is 4.79 Å². The molecule has 0 aliphatic carbocycles. The zero-order chi connectivity index (χ0) is 13.2. The van der Waals surface area contributed by atoms with Crippen molar-refractivity contribution in [1.29, 1.82) is 0 Å². The van der Waals surface area contributed by atoms with E-state index in [2.05, 4.69) is 0 Å². The molecule has 0 spiro atoms. The predicted molar refractivity (Wildman–Crippen MR) is 67.1 cm³/mol. The first kappa shape index (κ1) is 12.9. The molecule has 98 valence electrons. The average Bonchev–Trinajstić information content (AvgIpc) is 2.37. The van der Waals surface area contributed by atoms with E-state index in [1.807, 2.05) is 25.1 Å². The first-order chi connectivity index (χ1) is 8.59. The Morgan fingerprint density at radius 1 is 1.28 bits per heavy atom. The fourth-order valence-electron chi connectivity index (χ4n) is 2.31. The molecule has 2 rings (SSSR count). The van der Waals surface area contributed by atoms with Gasteiger partial charge >= 0.3 is 0 Å². The minimum atomic E-state index is -0.630. The number of hydrogen-bond acceptors (Lipinski definition) is 4. The average molecular weight is 250 g/mol. The number of hydrogen-bond donors (Lipinski definition) is 0. The van der Waals surface area contributed by atoms with Crippen molar-refractivity contribution in [3.8, 4) is 11.5 Å². The molecule has 4 nitrogen and oxygen atoms in total. The summed E-state index contributed by atoms with van der Waals surface area (Å²) in [6.45, 7) is 2.37. The van der Waals surface area contributed by atoms with Crippen LogP contribution in [0.1, 0.15) is 25.3 Å². The van der Waals surface area contributed by atoms with E-state index in [0.717, 1.165) is 11.3 Å². The van der Waals surface area contributed by atoms with Gasteiger partial charge in [0.05, 0.1) is 20.8 Å². The highest BCUT2D eigenvalue weighted by atomic mass is 16.5. The standard InChI is InChI=1S/C14H18O4/c1-14(9-10(15)6-7-18-14)12-8-11(16-2)4-5-13(12)17-3/h4-5,8H,6-7,9H2,1-3H3. The maximum Gasteiger partial charge on any atom is 0.138 e. The van der Waals surface area contributed by atoms with Gasteiger partial charge in [0.25, 0.3) is 0 Å². The van der Waals surface area contributed by atoms with Crippen LogP contribution in [0.25, 0.3) is 0 Å². The van der Waals surface area contributed by atoms with Crippen molar-refractivity contribution in [1.82, 2.24) is 0 Å². The van der Waals surface area contributed by atoms with Gasteiger partial charge in [0.1, 0.15) is 22.9 Å². The van der Waals surface area contributed by atoms with Crippen molar-refractivity contribution in [2.45, 2.75) is 25.4 Å². The highest BCUT2D eigenvalue weighted by Crippen LogP contribution is 2.40. The van der Waals surface area contributed by atoms with E-state index < -0.39 is 5.60 Å². The third-order valence-electron chi connectivity index (χ3n) is 3.31. The summed E-state index contributed by atoms with van der Waals surface area (Å²) in [5, 5.41) is 0. The number of carbonyl (C=O) groups is 1. The zero-order valence-corrected chi connectivity index (χ0v) is 11.0. The Balaban J connectivity index is 2.43. The van der Waals surface area contributed by atoms with Crippen LogP contribution < -0.4 is 9.47 Å². The molecule has 1 aliphatic heterocycles. The summed E-state index contributed by atoms with van der Waals surface area (Å²) in [5.41, 5.74) is 0.229. The van der Waals surface area contributed by atoms with E-state index in [9.17, 15) is 4.79 Å². The fourth-order valence-corrected chi connectivity index (χ4v) is 2.31. The Bertz CT molecular complexity index is 455. The van der Waals surface area contributed by atoms with Crippen molar-refractivity contribution < 1.29 is 19.0 Å². The fraction of sp³-hybridized carbons (Fsp3) is 0.500. The summed E-state index contributed by atoms with van der Waals surface area (Å²) in [6, 6.07) is 5.54. The van der Waals surface area contributed by atoms with Crippen LogP contribution in [0.4, 0.5) is 0 Å². The molecule has 1 heterocycles. The van der Waals surface area contributed by atoms with Crippen LogP contribution in [-0.2, 0) is 15.1 Å². The second kappa shape index (κ2) is 4.98. The van der Waals surface area contributed by atoms with Gasteiger partial charge in [-0.25, -0.2) is 0 Å². The number of methoxy groups -OCH3 is 2. The molecule has 0 radical (unpaired) electrons. The third-order valence-corrected chi connectivity index (χ3v) is 3.31. The van der Waals surface area contributed by atoms with Gasteiger partial charge in [-0.15, -0.1) is 0 Å². The molecule has 1 fully saturated rings. The second-order valence-corrected chi connectivity index (χ2v) is 4.61. The molecule has 1 aliphatic rings. The summed E-state index contributed by atoms with van der Waals surface area (Å²) < 4.78 is 16.4. The molecule has 0 aromatic heterocycles. The van der Waals surface area contributed by atoms with Gasteiger partial charge in [0.2, 0.25) is 0 Å². The van der Waals surface area contributed by atoms with Crippen LogP contribution in [0.3, 0.4) is 0 Å². The first-order valence-corrected chi connectivity index (χ1v) is 5.97. The molecule has 1 aromatic rings. The van der Waals surface area contributed by atoms with Crippen molar-refractivity contribution >= 4 is 5.78 Å². The Morgan fingerprint density at radius 2 is 2.06 bits per heavy atom. The van der Waals surface area contributed by atoms with Crippen molar-refractivity contribution in [2.75, 3.05) is 20.8 Å². The minimum Gasteiger partial charge on any atom is -0.497 e. The van der Waals surface area contributed by atoms with Crippen LogP contribution in [0.15, 0.2) is 18.2 Å². The third kappa shape index (κ3) is 2.34. The van der Waals surface area contributed by atoms with Crippen molar-refractivity contribution in [2.24, 2.45) is 0 Å². The van der Waals surface area contributed by atoms with Crippen LogP contribution >= 0.6 is 0 Å². The molecule has 0 bridgehead atoms. The number of rotatable bonds is 3. The predicted octanol–water partition coefficient (Wildman–Crippen LogP) is 2.30. The van der Waals surface area contributed by atoms with Crippen LogP contribution in [0, 0.1) is 0 Å². The Hall–Kier alpha value is -1.55. The number of ketones is 1. The molecule has 0 N–H and O–H groups in total. The summed E-state index contributed by atoms with van der Waals surface area (Å²) in [5.74, 6) is 1.66. The second-order valence-electron chi connectivity index (χ2n) is 4.61. The van der Waals surface area contributed by atoms with E-state index in [1.165, 1.54) is 0 Å². The van der Waals surface area contributed by atoms with Crippen molar-refractivity contribution in [3.63, 3.8) is 0 Å². The largest absolute Gasteiger partial charge is 0.497 e. The molecule has 1 saturated heterocycles. The SMILES string of the molecule is COc1ccc(OC)c(C2(C)CC(=O)CCO2)c1. The van der Waals surface area contributed by atoms with Crippen LogP contribution in [-0.4, -0.2) is 26.6 Å². The van der Waals surface area contributed by atoms with E-state index in [1.54, 1.807) is 14.2 Å². The van der Waals surface area contributed by atoms with E-state index >= 15 is 0 Å². The lowest BCUT2D eigenvalue weighted by atomic mass is 9.87. The highest BCUT2D eigenvalue weighted by Gasteiger charge is 2.36. The lowest BCUT2D eigenvalue weighted by Gasteiger charge is -2.34. The minimum absolute atomic E-state index is 0.216. The lowest BCUT2D eigenvalue weighted by Crippen LogP contribution is -2.35. The topological polar surface area (TPSA) is 44.8 Å². The summed E-state index contributed by atoms with van der Waals surface area (Å²) in [6.07, 6.45) is 0.860. The lowest BCUT2D eigenvalue weighted by molar-refractivity contribution is -0.139. The maximum absolute atomic E-state index is 11.7. The van der Waals surface area contributed by atoms with Gasteiger partial charge in [0, 0.05) is 18.4 Å². The van der Waals surface area contributed by atoms with Gasteiger partial charge in [-0.1, -0.05) is 0 Å². The van der Waals surface area contributed by atoms with Crippen LogP contribution in [0.5, 0.6) is 11.5 Å². The Morgan fingerprint density at radius 3 is 2.67 bits per heavy atom. The van der Waals surface area contributed by atoms with E-state index in [0.29, 0.717) is 25.2 Å². The zero-order valence-electron chi connectivity index (χ0n) is 11.0. The molecule has 1 aromatic carbocycles. The summed E-state index contributed by atoms with van der Waals surface area (Å²) in [4.78, 5) is 11.7. The normalized spacial score (nSPS) is 23.8. The quantitative estimate of drug-likeness (QED) is 0.825. The number of Topliss-reactive ketones (excluding diaryl/α,β-unsaturated/α-hetero) is 1. The van der Waals surface area contributed by atoms with Crippen molar-refractivity contribution in [3.05, 3.63) is 23.8 Å². The van der Waals surface area contributed by atoms with Gasteiger partial charge in [-0.2, -0.15) is 0 Å². The number of carbonyl (C=O) groups excluding carboxylic acids is 1. The summed E-state index contributed by atoms with van der Waals surface area (Å²) in [7, 11) is 3.22. The van der Waals surface area contributed by atoms with Gasteiger partial charge < -0.3 is 14.2 Å². The monoisotopic (exact) mass is 250 g/mol. The van der Waals surface area contributed by atoms with E-state index in [4.69, 9.17) is 14.2 Å². The number of ether oxygens (including phenoxy) is 3. The molecule has 1 unspecified atom stereocenters. The molecule has 4 heteroatoms. The Labute approximate surface area is 107 Å². The van der Waals surface area contributed by atoms with Gasteiger partial charge in [0.15, 0.2) is 0 Å². The molecule has 18 heavy (non-hydrogen) atoms. The molecule has 1 atom stereocenters. The molecular formula is C14H18O4.